The molecule has 36 heavy (non-hydrogen) atoms. The Hall–Kier alpha value is -4.16. The van der Waals surface area contributed by atoms with E-state index in [1.54, 1.807) is 11.8 Å². The van der Waals surface area contributed by atoms with Crippen LogP contribution in [0.3, 0.4) is 0 Å². The summed E-state index contributed by atoms with van der Waals surface area (Å²) in [4.78, 5) is 14.8. The Balaban J connectivity index is 1.16. The molecule has 0 radical (unpaired) electrons. The van der Waals surface area contributed by atoms with Crippen molar-refractivity contribution in [2.45, 2.75) is 31.0 Å². The first kappa shape index (κ1) is 22.3. The van der Waals surface area contributed by atoms with E-state index in [-0.39, 0.29) is 18.0 Å². The van der Waals surface area contributed by atoms with Crippen LogP contribution < -0.4 is 15.0 Å². The molecule has 6 heterocycles. The van der Waals surface area contributed by atoms with Crippen LogP contribution in [0.5, 0.6) is 5.88 Å². The van der Waals surface area contributed by atoms with Gasteiger partial charge in [-0.3, -0.25) is 4.68 Å². The van der Waals surface area contributed by atoms with Crippen LogP contribution in [-0.4, -0.2) is 56.5 Å². The van der Waals surface area contributed by atoms with Gasteiger partial charge in [0.15, 0.2) is 0 Å². The highest BCUT2D eigenvalue weighted by Crippen LogP contribution is 2.39. The largest absolute Gasteiger partial charge is 0.481 e. The van der Waals surface area contributed by atoms with Crippen LogP contribution in [0.2, 0.25) is 0 Å². The molecule has 2 saturated heterocycles. The molecule has 0 saturated carbocycles. The zero-order chi connectivity index (χ0) is 24.6. The first-order chi connectivity index (χ1) is 17.6. The van der Waals surface area contributed by atoms with Crippen molar-refractivity contribution in [1.82, 2.24) is 30.0 Å². The van der Waals surface area contributed by atoms with Gasteiger partial charge in [0, 0.05) is 91.3 Å². The van der Waals surface area contributed by atoms with Crippen LogP contribution in [0.4, 0.5) is 5.82 Å². The molecular formula is C27H28N8O. The Morgan fingerprint density at radius 2 is 2.03 bits per heavy atom. The molecule has 0 aliphatic carbocycles. The number of hydrogen-bond donors (Lipinski definition) is 2. The van der Waals surface area contributed by atoms with Crippen LogP contribution >= 0.6 is 0 Å². The fourth-order valence-corrected chi connectivity index (χ4v) is 5.58. The van der Waals surface area contributed by atoms with E-state index in [1.807, 2.05) is 44.1 Å². The number of hydrogen-bond acceptors (Lipinski definition) is 7. The maximum Gasteiger partial charge on any atom is 0.212 e. The van der Waals surface area contributed by atoms with Gasteiger partial charge < -0.3 is 19.9 Å². The fraction of sp³-hybridized carbons (Fsp3) is 0.333. The minimum atomic E-state index is 0.226. The van der Waals surface area contributed by atoms with Gasteiger partial charge in [0.2, 0.25) is 5.88 Å². The van der Waals surface area contributed by atoms with Gasteiger partial charge in [-0.2, -0.15) is 10.4 Å². The van der Waals surface area contributed by atoms with E-state index in [0.717, 1.165) is 46.7 Å². The first-order valence-electron chi connectivity index (χ1n) is 12.2. The van der Waals surface area contributed by atoms with Crippen LogP contribution in [-0.2, 0) is 13.5 Å². The molecule has 0 spiro atoms. The molecule has 1 unspecified atom stereocenters. The highest BCUT2D eigenvalue weighted by atomic mass is 16.5. The monoisotopic (exact) mass is 480 g/mol. The Labute approximate surface area is 209 Å². The topological polar surface area (TPSA) is 108 Å². The number of aromatic amines is 1. The quantitative estimate of drug-likeness (QED) is 0.418. The molecule has 4 aromatic heterocycles. The molecular weight excluding hydrogens is 452 g/mol. The molecule has 9 nitrogen and oxygen atoms in total. The lowest BCUT2D eigenvalue weighted by molar-refractivity contribution is 0.336. The first-order valence-corrected chi connectivity index (χ1v) is 12.2. The van der Waals surface area contributed by atoms with Gasteiger partial charge in [-0.1, -0.05) is 6.07 Å². The second-order valence-electron chi connectivity index (χ2n) is 9.57. The minimum Gasteiger partial charge on any atom is -0.481 e. The Morgan fingerprint density at radius 1 is 1.11 bits per heavy atom. The number of nitrogens with zero attached hydrogens (tertiary/aromatic N) is 6. The van der Waals surface area contributed by atoms with Gasteiger partial charge in [-0.05, 0) is 30.2 Å². The number of anilines is 1. The normalized spacial score (nSPS) is 22.6. The number of ether oxygens (including phenoxy) is 1. The number of nitrogens with one attached hydrogen (secondary N) is 2. The lowest BCUT2D eigenvalue weighted by Crippen LogP contribution is -2.63. The number of fused-ring (bicyclic) bond motifs is 1. The summed E-state index contributed by atoms with van der Waals surface area (Å²) in [5.74, 6) is 1.80. The summed E-state index contributed by atoms with van der Waals surface area (Å²) in [6.07, 6.45) is 11.0. The summed E-state index contributed by atoms with van der Waals surface area (Å²) in [6.45, 7) is 0.894. The van der Waals surface area contributed by atoms with E-state index in [9.17, 15) is 5.26 Å². The van der Waals surface area contributed by atoms with Crippen molar-refractivity contribution in [2.75, 3.05) is 18.6 Å². The van der Waals surface area contributed by atoms with Crippen molar-refractivity contribution in [1.29, 1.82) is 5.26 Å². The van der Waals surface area contributed by atoms with Crippen molar-refractivity contribution < 1.29 is 4.74 Å². The summed E-state index contributed by atoms with van der Waals surface area (Å²) in [5, 5.41) is 17.6. The molecule has 2 aliphatic heterocycles. The number of aromatic nitrogens is 5. The third-order valence-electron chi connectivity index (χ3n) is 7.41. The third-order valence-corrected chi connectivity index (χ3v) is 7.41. The lowest BCUT2D eigenvalue weighted by atomic mass is 9.83. The van der Waals surface area contributed by atoms with Crippen molar-refractivity contribution in [3.05, 3.63) is 66.9 Å². The summed E-state index contributed by atoms with van der Waals surface area (Å²) in [7, 11) is 3.53. The number of methoxy groups -OCH3 is 1. The molecule has 2 fully saturated rings. The number of nitriles is 1. The van der Waals surface area contributed by atoms with Crippen molar-refractivity contribution >= 4 is 5.82 Å². The molecule has 2 aliphatic rings. The second-order valence-corrected chi connectivity index (χ2v) is 9.57. The fourth-order valence-electron chi connectivity index (χ4n) is 5.58. The van der Waals surface area contributed by atoms with Crippen molar-refractivity contribution in [3.8, 4) is 34.3 Å². The van der Waals surface area contributed by atoms with Gasteiger partial charge in [0.1, 0.15) is 5.82 Å². The highest BCUT2D eigenvalue weighted by Gasteiger charge is 2.52. The van der Waals surface area contributed by atoms with Gasteiger partial charge in [-0.15, -0.1) is 0 Å². The van der Waals surface area contributed by atoms with E-state index in [2.05, 4.69) is 55.6 Å². The molecule has 0 aromatic carbocycles. The van der Waals surface area contributed by atoms with Gasteiger partial charge in [-0.25, -0.2) is 9.97 Å². The van der Waals surface area contributed by atoms with E-state index >= 15 is 0 Å². The summed E-state index contributed by atoms with van der Waals surface area (Å²) in [5.41, 5.74) is 5.38. The van der Waals surface area contributed by atoms with E-state index in [1.165, 1.54) is 0 Å². The van der Waals surface area contributed by atoms with Gasteiger partial charge in [0.25, 0.3) is 0 Å². The average Bonchev–Trinajstić information content (AvgIpc) is 3.60. The molecule has 182 valence electrons. The Morgan fingerprint density at radius 3 is 2.72 bits per heavy atom. The summed E-state index contributed by atoms with van der Waals surface area (Å²) < 4.78 is 6.97. The molecule has 2 N–H and O–H groups in total. The van der Waals surface area contributed by atoms with E-state index < -0.39 is 0 Å². The number of pyridine rings is 2. The molecule has 4 atom stereocenters. The number of rotatable bonds is 7. The van der Waals surface area contributed by atoms with E-state index in [0.29, 0.717) is 18.3 Å². The second kappa shape index (κ2) is 9.13. The highest BCUT2D eigenvalue weighted by molar-refractivity contribution is 5.71. The van der Waals surface area contributed by atoms with E-state index in [4.69, 9.17) is 9.72 Å². The predicted molar refractivity (Wildman–Crippen MR) is 136 cm³/mol. The third kappa shape index (κ3) is 3.99. The standard InChI is InChI=1S/C27H28N8O/c1-34-15-20(14-32-34)22-10-19(13-29-22)18-4-5-25(30-12-18)35-16-24-27(35)21(7-8-28)23(33-24)9-17-3-6-26(36-2)31-11-17/h3-6,10-15,21,23-24,27,29,33H,7,9,16H2,1-2H3/t21-,23?,24-,27-/m0/s1. The maximum absolute atomic E-state index is 9.56. The maximum atomic E-state index is 9.56. The average molecular weight is 481 g/mol. The van der Waals surface area contributed by atoms with Crippen molar-refractivity contribution in [3.63, 3.8) is 0 Å². The van der Waals surface area contributed by atoms with Crippen LogP contribution in [0.25, 0.3) is 22.4 Å². The van der Waals surface area contributed by atoms with Gasteiger partial charge in [0.05, 0.1) is 25.4 Å². The zero-order valence-electron chi connectivity index (χ0n) is 20.3. The van der Waals surface area contributed by atoms with Crippen LogP contribution in [0.15, 0.2) is 61.3 Å². The predicted octanol–water partition coefficient (Wildman–Crippen LogP) is 3.18. The minimum absolute atomic E-state index is 0.226. The molecule has 0 bridgehead atoms. The molecule has 9 heteroatoms. The van der Waals surface area contributed by atoms with Crippen molar-refractivity contribution in [2.24, 2.45) is 13.0 Å². The smallest absolute Gasteiger partial charge is 0.212 e. The summed E-state index contributed by atoms with van der Waals surface area (Å²) >= 11 is 0. The Kier molecular flexibility index (Phi) is 5.66. The number of H-pyrrole nitrogens is 1. The molecule has 6 rings (SSSR count). The molecule has 0 amide bonds. The SMILES string of the molecule is COc1ccc(CC2N[C@H]3CN(c4ccc(-c5c[nH]c(-c6cnn(C)c6)c5)cn4)[C@H]3[C@H]2CC#N)cn1. The van der Waals surface area contributed by atoms with Crippen LogP contribution in [0.1, 0.15) is 12.0 Å². The zero-order valence-corrected chi connectivity index (χ0v) is 20.3. The van der Waals surface area contributed by atoms with Gasteiger partial charge >= 0.3 is 0 Å². The Bertz CT molecular complexity index is 1380. The lowest BCUT2D eigenvalue weighted by Gasteiger charge is -2.47. The summed E-state index contributed by atoms with van der Waals surface area (Å²) in [6, 6.07) is 13.5. The van der Waals surface area contributed by atoms with Crippen LogP contribution in [0, 0.1) is 17.2 Å². The molecule has 4 aromatic rings. The number of aryl methyl sites for hydroxylation is 1.